The largest absolute Gasteiger partial charge is 0.334 e. The maximum atomic E-state index is 6.20. The van der Waals surface area contributed by atoms with Gasteiger partial charge in [0.25, 0.3) is 0 Å². The molecule has 0 aliphatic heterocycles. The van der Waals surface area contributed by atoms with E-state index in [1.165, 1.54) is 0 Å². The highest BCUT2D eigenvalue weighted by molar-refractivity contribution is 6.31. The third-order valence-corrected chi connectivity index (χ3v) is 3.55. The van der Waals surface area contributed by atoms with Gasteiger partial charge < -0.3 is 9.88 Å². The molecule has 0 fully saturated rings. The zero-order valence-corrected chi connectivity index (χ0v) is 12.2. The Morgan fingerprint density at radius 3 is 2.89 bits per heavy atom. The minimum absolute atomic E-state index is 0.209. The molecule has 1 atom stereocenters. The van der Waals surface area contributed by atoms with Crippen molar-refractivity contribution >= 4 is 11.6 Å². The minimum atomic E-state index is 0.209. The molecule has 1 aromatic carbocycles. The van der Waals surface area contributed by atoms with Crippen molar-refractivity contribution in [1.29, 1.82) is 0 Å². The monoisotopic (exact) mass is 277 g/mol. The summed E-state index contributed by atoms with van der Waals surface area (Å²) in [5.41, 5.74) is 1.12. The molecule has 0 aliphatic rings. The maximum absolute atomic E-state index is 6.20. The Morgan fingerprint density at radius 2 is 2.16 bits per heavy atom. The van der Waals surface area contributed by atoms with Crippen molar-refractivity contribution in [2.24, 2.45) is 0 Å². The van der Waals surface area contributed by atoms with Gasteiger partial charge in [0.15, 0.2) is 0 Å². The maximum Gasteiger partial charge on any atom is 0.122 e. The molecule has 0 aliphatic carbocycles. The van der Waals surface area contributed by atoms with E-state index >= 15 is 0 Å². The van der Waals surface area contributed by atoms with Crippen LogP contribution in [0.4, 0.5) is 0 Å². The lowest BCUT2D eigenvalue weighted by molar-refractivity contribution is 0.532. The first kappa shape index (κ1) is 14.1. The summed E-state index contributed by atoms with van der Waals surface area (Å²) in [6.45, 7) is 6.05. The van der Waals surface area contributed by atoms with Crippen molar-refractivity contribution in [3.05, 3.63) is 53.1 Å². The van der Waals surface area contributed by atoms with Gasteiger partial charge in [-0.05, 0) is 25.0 Å². The first-order valence-electron chi connectivity index (χ1n) is 6.70. The van der Waals surface area contributed by atoms with Crippen molar-refractivity contribution in [3.63, 3.8) is 0 Å². The Hall–Kier alpha value is -1.32. The van der Waals surface area contributed by atoms with Crippen LogP contribution in [0.25, 0.3) is 0 Å². The summed E-state index contributed by atoms with van der Waals surface area (Å²) in [5.74, 6) is 1.07. The lowest BCUT2D eigenvalue weighted by atomic mass is 10.1. The molecule has 0 unspecified atom stereocenters. The summed E-state index contributed by atoms with van der Waals surface area (Å²) < 4.78 is 2.19. The van der Waals surface area contributed by atoms with Gasteiger partial charge in [0.2, 0.25) is 0 Å². The highest BCUT2D eigenvalue weighted by atomic mass is 35.5. The van der Waals surface area contributed by atoms with Gasteiger partial charge in [-0.25, -0.2) is 4.98 Å². The van der Waals surface area contributed by atoms with E-state index in [1.54, 1.807) is 0 Å². The van der Waals surface area contributed by atoms with Crippen LogP contribution in [-0.4, -0.2) is 9.55 Å². The Bertz CT molecular complexity index is 522. The number of benzene rings is 1. The number of halogens is 1. The molecule has 0 saturated carbocycles. The summed E-state index contributed by atoms with van der Waals surface area (Å²) in [6.07, 6.45) is 5.00. The Morgan fingerprint density at radius 1 is 1.37 bits per heavy atom. The van der Waals surface area contributed by atoms with Gasteiger partial charge in [-0.2, -0.15) is 0 Å². The average Bonchev–Trinajstić information content (AvgIpc) is 2.84. The number of nitrogens with zero attached hydrogens (tertiary/aromatic N) is 2. The molecular formula is C15H20ClN3. The zero-order chi connectivity index (χ0) is 13.7. The Labute approximate surface area is 119 Å². The Balaban J connectivity index is 1.98. The average molecular weight is 278 g/mol. The zero-order valence-electron chi connectivity index (χ0n) is 11.4. The predicted molar refractivity (Wildman–Crippen MR) is 79.2 cm³/mol. The molecule has 0 saturated heterocycles. The van der Waals surface area contributed by atoms with Crippen molar-refractivity contribution in [2.75, 3.05) is 0 Å². The van der Waals surface area contributed by atoms with E-state index in [9.17, 15) is 0 Å². The van der Waals surface area contributed by atoms with Gasteiger partial charge in [-0.15, -0.1) is 0 Å². The lowest BCUT2D eigenvalue weighted by Gasteiger charge is -2.16. The summed E-state index contributed by atoms with van der Waals surface area (Å²) in [4.78, 5) is 4.39. The van der Waals surface area contributed by atoms with E-state index < -0.39 is 0 Å². The number of aromatic nitrogens is 2. The van der Waals surface area contributed by atoms with E-state index in [0.717, 1.165) is 35.9 Å². The molecule has 1 N–H and O–H groups in total. The van der Waals surface area contributed by atoms with Crippen molar-refractivity contribution in [1.82, 2.24) is 14.9 Å². The van der Waals surface area contributed by atoms with Crippen LogP contribution in [0.5, 0.6) is 0 Å². The third kappa shape index (κ3) is 3.58. The SMILES string of the molecule is CCCn1ccnc1CN[C@H](C)c1ccccc1Cl. The predicted octanol–water partition coefficient (Wildman–Crippen LogP) is 3.80. The van der Waals surface area contributed by atoms with Gasteiger partial charge in [0, 0.05) is 30.0 Å². The van der Waals surface area contributed by atoms with Crippen molar-refractivity contribution in [3.8, 4) is 0 Å². The second-order valence-electron chi connectivity index (χ2n) is 4.66. The van der Waals surface area contributed by atoms with E-state index in [1.807, 2.05) is 30.6 Å². The topological polar surface area (TPSA) is 29.9 Å². The van der Waals surface area contributed by atoms with Crippen molar-refractivity contribution < 1.29 is 0 Å². The molecule has 0 radical (unpaired) electrons. The fourth-order valence-electron chi connectivity index (χ4n) is 2.13. The van der Waals surface area contributed by atoms with Gasteiger partial charge in [-0.1, -0.05) is 36.7 Å². The minimum Gasteiger partial charge on any atom is -0.334 e. The second-order valence-corrected chi connectivity index (χ2v) is 5.07. The molecule has 1 heterocycles. The fraction of sp³-hybridized carbons (Fsp3) is 0.400. The normalized spacial score (nSPS) is 12.6. The molecule has 2 rings (SSSR count). The van der Waals surface area contributed by atoms with Crippen LogP contribution in [0.1, 0.15) is 37.7 Å². The van der Waals surface area contributed by atoms with Crippen molar-refractivity contribution in [2.45, 2.75) is 39.4 Å². The summed E-state index contributed by atoms with van der Waals surface area (Å²) in [5, 5.41) is 4.28. The van der Waals surface area contributed by atoms with Crippen LogP contribution in [0.3, 0.4) is 0 Å². The van der Waals surface area contributed by atoms with Crippen LogP contribution >= 0.6 is 11.6 Å². The number of nitrogens with one attached hydrogen (secondary N) is 1. The first-order valence-corrected chi connectivity index (χ1v) is 7.08. The van der Waals surface area contributed by atoms with E-state index in [0.29, 0.717) is 0 Å². The van der Waals surface area contributed by atoms with E-state index in [2.05, 4.69) is 34.8 Å². The number of hydrogen-bond donors (Lipinski definition) is 1. The molecule has 102 valence electrons. The number of imidazole rings is 1. The van der Waals surface area contributed by atoms with Crippen LogP contribution in [0.15, 0.2) is 36.7 Å². The van der Waals surface area contributed by atoms with Crippen LogP contribution in [0, 0.1) is 0 Å². The summed E-state index contributed by atoms with van der Waals surface area (Å²) >= 11 is 6.20. The van der Waals surface area contributed by atoms with Gasteiger partial charge in [-0.3, -0.25) is 0 Å². The molecule has 3 nitrogen and oxygen atoms in total. The first-order chi connectivity index (χ1) is 9.22. The molecule has 4 heteroatoms. The van der Waals surface area contributed by atoms with Crippen LogP contribution < -0.4 is 5.32 Å². The molecule has 0 amide bonds. The summed E-state index contributed by atoms with van der Waals surface area (Å²) in [7, 11) is 0. The lowest BCUT2D eigenvalue weighted by Crippen LogP contribution is -2.21. The number of aryl methyl sites for hydroxylation is 1. The summed E-state index contributed by atoms with van der Waals surface area (Å²) in [6, 6.07) is 8.15. The molecule has 19 heavy (non-hydrogen) atoms. The second kappa shape index (κ2) is 6.73. The third-order valence-electron chi connectivity index (χ3n) is 3.20. The molecule has 1 aromatic heterocycles. The Kier molecular flexibility index (Phi) is 5.00. The molecule has 0 bridgehead atoms. The van der Waals surface area contributed by atoms with Gasteiger partial charge >= 0.3 is 0 Å². The number of rotatable bonds is 6. The van der Waals surface area contributed by atoms with E-state index in [4.69, 9.17) is 11.6 Å². The fourth-order valence-corrected chi connectivity index (χ4v) is 2.43. The highest BCUT2D eigenvalue weighted by Crippen LogP contribution is 2.22. The quantitative estimate of drug-likeness (QED) is 0.870. The highest BCUT2D eigenvalue weighted by Gasteiger charge is 2.10. The molecule has 0 spiro atoms. The van der Waals surface area contributed by atoms with E-state index in [-0.39, 0.29) is 6.04 Å². The van der Waals surface area contributed by atoms with Gasteiger partial charge in [0.1, 0.15) is 5.82 Å². The molecular weight excluding hydrogens is 258 g/mol. The van der Waals surface area contributed by atoms with Crippen LogP contribution in [0.2, 0.25) is 5.02 Å². The van der Waals surface area contributed by atoms with Gasteiger partial charge in [0.05, 0.1) is 6.54 Å². The smallest absolute Gasteiger partial charge is 0.122 e. The van der Waals surface area contributed by atoms with Crippen LogP contribution in [-0.2, 0) is 13.1 Å². The standard InChI is InChI=1S/C15H20ClN3/c1-3-9-19-10-8-17-15(19)11-18-12(2)13-6-4-5-7-14(13)16/h4-8,10,12,18H,3,9,11H2,1-2H3/t12-/m1/s1. The number of hydrogen-bond acceptors (Lipinski definition) is 2. The molecule has 2 aromatic rings.